The van der Waals surface area contributed by atoms with Gasteiger partial charge in [0.05, 0.1) is 5.69 Å². The lowest BCUT2D eigenvalue weighted by Gasteiger charge is -2.18. The van der Waals surface area contributed by atoms with Crippen LogP contribution in [0.3, 0.4) is 0 Å². The standard InChI is InChI=1S/C18H15N5O3/c1-11-2-4-12(5-3-11)18-20-22-23(21-18)9-15(24)13-6-7-16-14(8-13)19-17(25)10-26-16/h2-8H,9-10H2,1H3,(H,19,25). The lowest BCUT2D eigenvalue weighted by atomic mass is 10.1. The smallest absolute Gasteiger partial charge is 0.262 e. The number of carbonyl (C=O) groups excluding carboxylic acids is 2. The number of aryl methyl sites for hydroxylation is 1. The van der Waals surface area contributed by atoms with Crippen LogP contribution in [0, 0.1) is 6.92 Å². The van der Waals surface area contributed by atoms with Crippen LogP contribution in [0.15, 0.2) is 42.5 Å². The molecule has 0 aliphatic carbocycles. The number of nitrogens with one attached hydrogen (secondary N) is 1. The minimum atomic E-state index is -0.247. The first-order chi connectivity index (χ1) is 12.6. The largest absolute Gasteiger partial charge is 0.482 e. The summed E-state index contributed by atoms with van der Waals surface area (Å²) in [5.41, 5.74) is 2.89. The van der Waals surface area contributed by atoms with Crippen molar-refractivity contribution >= 4 is 17.4 Å². The minimum Gasteiger partial charge on any atom is -0.482 e. The molecule has 1 N–H and O–H groups in total. The second-order valence-corrected chi connectivity index (χ2v) is 5.98. The normalized spacial score (nSPS) is 12.9. The van der Waals surface area contributed by atoms with E-state index in [1.807, 2.05) is 31.2 Å². The van der Waals surface area contributed by atoms with Crippen molar-refractivity contribution in [3.05, 3.63) is 53.6 Å². The van der Waals surface area contributed by atoms with Gasteiger partial charge in [-0.2, -0.15) is 4.80 Å². The highest BCUT2D eigenvalue weighted by molar-refractivity contribution is 6.00. The van der Waals surface area contributed by atoms with Gasteiger partial charge in [0, 0.05) is 11.1 Å². The van der Waals surface area contributed by atoms with Crippen molar-refractivity contribution in [2.24, 2.45) is 0 Å². The molecule has 0 spiro atoms. The third-order valence-corrected chi connectivity index (χ3v) is 3.98. The molecule has 1 aliphatic heterocycles. The molecule has 0 radical (unpaired) electrons. The van der Waals surface area contributed by atoms with Crippen LogP contribution in [-0.4, -0.2) is 38.5 Å². The first kappa shape index (κ1) is 15.9. The predicted molar refractivity (Wildman–Crippen MR) is 92.9 cm³/mol. The molecular weight excluding hydrogens is 334 g/mol. The van der Waals surface area contributed by atoms with Gasteiger partial charge in [-0.05, 0) is 30.3 Å². The molecule has 0 fully saturated rings. The fourth-order valence-corrected chi connectivity index (χ4v) is 2.60. The minimum absolute atomic E-state index is 0.0229. The van der Waals surface area contributed by atoms with E-state index >= 15 is 0 Å². The molecule has 0 saturated heterocycles. The van der Waals surface area contributed by atoms with Crippen LogP contribution in [0.5, 0.6) is 5.75 Å². The van der Waals surface area contributed by atoms with Gasteiger partial charge >= 0.3 is 0 Å². The van der Waals surface area contributed by atoms with Crippen molar-refractivity contribution < 1.29 is 14.3 Å². The molecule has 8 nitrogen and oxygen atoms in total. The van der Waals surface area contributed by atoms with Gasteiger partial charge in [0.25, 0.3) is 5.91 Å². The van der Waals surface area contributed by atoms with Gasteiger partial charge in [0.2, 0.25) is 5.82 Å². The molecule has 2 aromatic carbocycles. The van der Waals surface area contributed by atoms with Crippen LogP contribution in [0.2, 0.25) is 0 Å². The zero-order chi connectivity index (χ0) is 18.1. The van der Waals surface area contributed by atoms with Crippen LogP contribution >= 0.6 is 0 Å². The van der Waals surface area contributed by atoms with E-state index in [4.69, 9.17) is 4.74 Å². The molecular formula is C18H15N5O3. The molecule has 1 amide bonds. The van der Waals surface area contributed by atoms with E-state index < -0.39 is 0 Å². The van der Waals surface area contributed by atoms with Gasteiger partial charge in [-0.15, -0.1) is 10.2 Å². The number of nitrogens with zero attached hydrogens (tertiary/aromatic N) is 4. The van der Waals surface area contributed by atoms with Gasteiger partial charge in [0.15, 0.2) is 12.4 Å². The van der Waals surface area contributed by atoms with E-state index in [2.05, 4.69) is 20.7 Å². The molecule has 8 heteroatoms. The summed E-state index contributed by atoms with van der Waals surface area (Å²) < 4.78 is 5.29. The Morgan fingerprint density at radius 2 is 2.04 bits per heavy atom. The molecule has 26 heavy (non-hydrogen) atoms. The number of hydrogen-bond donors (Lipinski definition) is 1. The summed E-state index contributed by atoms with van der Waals surface area (Å²) in [6, 6.07) is 12.6. The maximum Gasteiger partial charge on any atom is 0.262 e. The summed E-state index contributed by atoms with van der Waals surface area (Å²) >= 11 is 0. The average Bonchev–Trinajstić information content (AvgIpc) is 3.10. The SMILES string of the molecule is Cc1ccc(-c2nnn(CC(=O)c3ccc4c(c3)NC(=O)CO4)n2)cc1. The zero-order valence-electron chi connectivity index (χ0n) is 14.0. The molecule has 130 valence electrons. The number of tetrazole rings is 1. The first-order valence-corrected chi connectivity index (χ1v) is 8.03. The van der Waals surface area contributed by atoms with E-state index in [0.29, 0.717) is 22.8 Å². The highest BCUT2D eigenvalue weighted by atomic mass is 16.5. The summed E-state index contributed by atoms with van der Waals surface area (Å²) in [5.74, 6) is 0.564. The number of hydrogen-bond acceptors (Lipinski definition) is 6. The predicted octanol–water partition coefficient (Wildman–Crippen LogP) is 1.86. The number of anilines is 1. The number of ketones is 1. The Hall–Kier alpha value is -3.55. The third-order valence-electron chi connectivity index (χ3n) is 3.98. The molecule has 0 unspecified atom stereocenters. The summed E-state index contributed by atoms with van der Waals surface area (Å²) in [6.45, 7) is 1.93. The van der Waals surface area contributed by atoms with Crippen LogP contribution in [-0.2, 0) is 11.3 Å². The van der Waals surface area contributed by atoms with Gasteiger partial charge in [-0.25, -0.2) is 0 Å². The van der Waals surface area contributed by atoms with Crippen LogP contribution in [0.25, 0.3) is 11.4 Å². The highest BCUT2D eigenvalue weighted by Gasteiger charge is 2.18. The molecule has 0 saturated carbocycles. The van der Waals surface area contributed by atoms with E-state index in [0.717, 1.165) is 11.1 Å². The third kappa shape index (κ3) is 3.16. The molecule has 0 bridgehead atoms. The summed E-state index contributed by atoms with van der Waals surface area (Å²) in [5, 5.41) is 14.9. The molecule has 2 heterocycles. The number of rotatable bonds is 4. The fraction of sp³-hybridized carbons (Fsp3) is 0.167. The van der Waals surface area contributed by atoms with Crippen molar-refractivity contribution in [3.8, 4) is 17.1 Å². The summed E-state index contributed by atoms with van der Waals surface area (Å²) in [4.78, 5) is 25.1. The number of benzene rings is 2. The average molecular weight is 349 g/mol. The van der Waals surface area contributed by atoms with Gasteiger partial charge in [-0.3, -0.25) is 9.59 Å². The molecule has 0 atom stereocenters. The Labute approximate surface area is 148 Å². The zero-order valence-corrected chi connectivity index (χ0v) is 14.0. The Morgan fingerprint density at radius 1 is 1.23 bits per heavy atom. The van der Waals surface area contributed by atoms with Crippen LogP contribution < -0.4 is 10.1 Å². The number of amides is 1. The molecule has 1 aliphatic rings. The Balaban J connectivity index is 1.51. The Bertz CT molecular complexity index is 994. The van der Waals surface area contributed by atoms with E-state index in [9.17, 15) is 9.59 Å². The topological polar surface area (TPSA) is 99.0 Å². The van der Waals surface area contributed by atoms with Crippen LogP contribution in [0.4, 0.5) is 5.69 Å². The van der Waals surface area contributed by atoms with E-state index in [-0.39, 0.29) is 24.8 Å². The maximum absolute atomic E-state index is 12.5. The van der Waals surface area contributed by atoms with E-state index in [1.165, 1.54) is 4.80 Å². The second kappa shape index (κ2) is 6.40. The molecule has 3 aromatic rings. The van der Waals surface area contributed by atoms with E-state index in [1.54, 1.807) is 18.2 Å². The molecule has 1 aromatic heterocycles. The van der Waals surface area contributed by atoms with Crippen molar-refractivity contribution in [2.75, 3.05) is 11.9 Å². The lowest BCUT2D eigenvalue weighted by molar-refractivity contribution is -0.118. The number of aromatic nitrogens is 4. The number of carbonyl (C=O) groups is 2. The summed E-state index contributed by atoms with van der Waals surface area (Å²) in [6.07, 6.45) is 0. The van der Waals surface area contributed by atoms with Crippen molar-refractivity contribution in [3.63, 3.8) is 0 Å². The second-order valence-electron chi connectivity index (χ2n) is 5.98. The van der Waals surface area contributed by atoms with Gasteiger partial charge < -0.3 is 10.1 Å². The quantitative estimate of drug-likeness (QED) is 0.722. The number of Topliss-reactive ketones (excluding diaryl/α,β-unsaturated/α-hetero) is 1. The number of fused-ring (bicyclic) bond motifs is 1. The van der Waals surface area contributed by atoms with Crippen molar-refractivity contribution in [2.45, 2.75) is 13.5 Å². The fourth-order valence-electron chi connectivity index (χ4n) is 2.60. The highest BCUT2D eigenvalue weighted by Crippen LogP contribution is 2.28. The monoisotopic (exact) mass is 349 g/mol. The van der Waals surface area contributed by atoms with Crippen LogP contribution in [0.1, 0.15) is 15.9 Å². The van der Waals surface area contributed by atoms with Crippen molar-refractivity contribution in [1.29, 1.82) is 0 Å². The first-order valence-electron chi connectivity index (χ1n) is 8.03. The number of ether oxygens (including phenoxy) is 1. The van der Waals surface area contributed by atoms with Gasteiger partial charge in [-0.1, -0.05) is 29.8 Å². The Kier molecular flexibility index (Phi) is 3.92. The lowest BCUT2D eigenvalue weighted by Crippen LogP contribution is -2.25. The van der Waals surface area contributed by atoms with Gasteiger partial charge in [0.1, 0.15) is 12.3 Å². The maximum atomic E-state index is 12.5. The van der Waals surface area contributed by atoms with Crippen molar-refractivity contribution in [1.82, 2.24) is 20.2 Å². The Morgan fingerprint density at radius 3 is 2.85 bits per heavy atom. The summed E-state index contributed by atoms with van der Waals surface area (Å²) in [7, 11) is 0. The molecule has 4 rings (SSSR count).